The van der Waals surface area contributed by atoms with Crippen LogP contribution in [0.2, 0.25) is 0 Å². The summed E-state index contributed by atoms with van der Waals surface area (Å²) in [4.78, 5) is 0. The predicted molar refractivity (Wildman–Crippen MR) is 83.0 cm³/mol. The smallest absolute Gasteiger partial charge is 0.121 e. The van der Waals surface area contributed by atoms with Crippen LogP contribution in [-0.2, 0) is 0 Å². The minimum atomic E-state index is 0.552. The quantitative estimate of drug-likeness (QED) is 0.670. The largest absolute Gasteiger partial charge is 0.493 e. The van der Waals surface area contributed by atoms with Crippen molar-refractivity contribution >= 4 is 5.69 Å². The molecular weight excluding hydrogens is 236 g/mol. The molecule has 1 aromatic carbocycles. The van der Waals surface area contributed by atoms with Crippen LogP contribution in [0.4, 0.5) is 5.69 Å². The van der Waals surface area contributed by atoms with Crippen molar-refractivity contribution in [3.8, 4) is 5.75 Å². The Morgan fingerprint density at radius 1 is 1.16 bits per heavy atom. The van der Waals surface area contributed by atoms with Crippen LogP contribution in [0.3, 0.4) is 0 Å². The molecule has 108 valence electrons. The summed E-state index contributed by atoms with van der Waals surface area (Å²) in [5.74, 6) is 1.49. The fourth-order valence-corrected chi connectivity index (χ4v) is 1.63. The number of ether oxygens (including phenoxy) is 1. The van der Waals surface area contributed by atoms with Gasteiger partial charge in [0.1, 0.15) is 5.75 Å². The van der Waals surface area contributed by atoms with Crippen molar-refractivity contribution in [2.75, 3.05) is 25.0 Å². The fourth-order valence-electron chi connectivity index (χ4n) is 1.63. The molecule has 19 heavy (non-hydrogen) atoms. The highest BCUT2D eigenvalue weighted by atomic mass is 16.5. The van der Waals surface area contributed by atoms with Crippen LogP contribution in [0, 0.1) is 5.92 Å². The third-order valence-corrected chi connectivity index (χ3v) is 2.98. The number of hydrogen-bond acceptors (Lipinski definition) is 3. The van der Waals surface area contributed by atoms with Gasteiger partial charge in [0.05, 0.1) is 6.61 Å². The van der Waals surface area contributed by atoms with Gasteiger partial charge in [-0.3, -0.25) is 0 Å². The van der Waals surface area contributed by atoms with E-state index in [1.54, 1.807) is 0 Å². The zero-order valence-electron chi connectivity index (χ0n) is 12.7. The summed E-state index contributed by atoms with van der Waals surface area (Å²) in [6, 6.07) is 8.75. The van der Waals surface area contributed by atoms with Gasteiger partial charge >= 0.3 is 0 Å². The standard InChI is InChI=1S/C16H28N2O/c1-5-14(4)17-9-10-18-15-7-6-8-16(11-15)19-12-13(2)3/h6-8,11,13-14,17-18H,5,9-10,12H2,1-4H3. The average molecular weight is 264 g/mol. The van der Waals surface area contributed by atoms with E-state index in [1.807, 2.05) is 12.1 Å². The number of rotatable bonds is 9. The molecule has 1 atom stereocenters. The van der Waals surface area contributed by atoms with E-state index in [-0.39, 0.29) is 0 Å². The molecule has 1 aromatic rings. The Bertz CT molecular complexity index is 352. The van der Waals surface area contributed by atoms with Crippen LogP contribution in [-0.4, -0.2) is 25.7 Å². The van der Waals surface area contributed by atoms with Gasteiger partial charge < -0.3 is 15.4 Å². The molecule has 2 N–H and O–H groups in total. The van der Waals surface area contributed by atoms with Gasteiger partial charge in [0, 0.05) is 30.9 Å². The summed E-state index contributed by atoms with van der Waals surface area (Å²) in [5.41, 5.74) is 1.12. The van der Waals surface area contributed by atoms with E-state index in [1.165, 1.54) is 6.42 Å². The molecule has 0 aromatic heterocycles. The molecule has 0 saturated carbocycles. The van der Waals surface area contributed by atoms with E-state index < -0.39 is 0 Å². The summed E-state index contributed by atoms with van der Waals surface area (Å²) in [6.45, 7) is 11.4. The Morgan fingerprint density at radius 3 is 2.63 bits per heavy atom. The first-order valence-electron chi connectivity index (χ1n) is 7.32. The molecule has 0 aliphatic carbocycles. The zero-order valence-corrected chi connectivity index (χ0v) is 12.7. The van der Waals surface area contributed by atoms with Crippen LogP contribution in [0.1, 0.15) is 34.1 Å². The number of nitrogens with one attached hydrogen (secondary N) is 2. The highest BCUT2D eigenvalue weighted by molar-refractivity contribution is 5.48. The molecule has 0 aliphatic rings. The molecule has 3 nitrogen and oxygen atoms in total. The van der Waals surface area contributed by atoms with E-state index in [9.17, 15) is 0 Å². The van der Waals surface area contributed by atoms with Gasteiger partial charge in [-0.1, -0.05) is 26.8 Å². The van der Waals surface area contributed by atoms with Gasteiger partial charge in [0.25, 0.3) is 0 Å². The lowest BCUT2D eigenvalue weighted by Crippen LogP contribution is -2.30. The van der Waals surface area contributed by atoms with Gasteiger partial charge in [-0.2, -0.15) is 0 Å². The van der Waals surface area contributed by atoms with Crippen molar-refractivity contribution in [3.05, 3.63) is 24.3 Å². The highest BCUT2D eigenvalue weighted by Gasteiger charge is 1.99. The van der Waals surface area contributed by atoms with Crippen molar-refractivity contribution in [1.82, 2.24) is 5.32 Å². The SMILES string of the molecule is CCC(C)NCCNc1cccc(OCC(C)C)c1. The third kappa shape index (κ3) is 7.06. The molecule has 0 heterocycles. The number of hydrogen-bond donors (Lipinski definition) is 2. The van der Waals surface area contributed by atoms with E-state index in [2.05, 4.69) is 50.5 Å². The number of anilines is 1. The number of benzene rings is 1. The first-order chi connectivity index (χ1) is 9.11. The molecule has 0 amide bonds. The van der Waals surface area contributed by atoms with E-state index in [0.717, 1.165) is 31.1 Å². The Morgan fingerprint density at radius 2 is 1.95 bits per heavy atom. The Kier molecular flexibility index (Phi) is 7.34. The van der Waals surface area contributed by atoms with E-state index >= 15 is 0 Å². The second kappa shape index (κ2) is 8.81. The maximum atomic E-state index is 5.71. The molecule has 0 radical (unpaired) electrons. The molecule has 3 heteroatoms. The molecular formula is C16H28N2O. The summed E-state index contributed by atoms with van der Waals surface area (Å²) < 4.78 is 5.71. The molecule has 0 aliphatic heterocycles. The molecule has 0 fully saturated rings. The first-order valence-corrected chi connectivity index (χ1v) is 7.32. The zero-order chi connectivity index (χ0) is 14.1. The Hall–Kier alpha value is -1.22. The van der Waals surface area contributed by atoms with E-state index in [0.29, 0.717) is 12.0 Å². The first kappa shape index (κ1) is 15.8. The molecule has 0 spiro atoms. The Balaban J connectivity index is 2.31. The summed E-state index contributed by atoms with van der Waals surface area (Å²) in [7, 11) is 0. The fraction of sp³-hybridized carbons (Fsp3) is 0.625. The summed E-state index contributed by atoms with van der Waals surface area (Å²) in [5, 5.41) is 6.87. The highest BCUT2D eigenvalue weighted by Crippen LogP contribution is 2.17. The summed E-state index contributed by atoms with van der Waals surface area (Å²) in [6.07, 6.45) is 1.17. The van der Waals surface area contributed by atoms with Crippen LogP contribution in [0.25, 0.3) is 0 Å². The maximum Gasteiger partial charge on any atom is 0.121 e. The molecule has 1 unspecified atom stereocenters. The normalized spacial score (nSPS) is 12.5. The van der Waals surface area contributed by atoms with Crippen molar-refractivity contribution in [2.24, 2.45) is 5.92 Å². The topological polar surface area (TPSA) is 33.3 Å². The van der Waals surface area contributed by atoms with E-state index in [4.69, 9.17) is 4.74 Å². The molecule has 0 bridgehead atoms. The van der Waals surface area contributed by atoms with Gasteiger partial charge in [0.15, 0.2) is 0 Å². The molecule has 1 rings (SSSR count). The average Bonchev–Trinajstić information content (AvgIpc) is 2.41. The molecule has 0 saturated heterocycles. The third-order valence-electron chi connectivity index (χ3n) is 2.98. The monoisotopic (exact) mass is 264 g/mol. The van der Waals surface area contributed by atoms with Crippen molar-refractivity contribution in [3.63, 3.8) is 0 Å². The van der Waals surface area contributed by atoms with Gasteiger partial charge in [-0.25, -0.2) is 0 Å². The maximum absolute atomic E-state index is 5.71. The van der Waals surface area contributed by atoms with Crippen LogP contribution in [0.5, 0.6) is 5.75 Å². The van der Waals surface area contributed by atoms with Gasteiger partial charge in [-0.05, 0) is 31.4 Å². The lowest BCUT2D eigenvalue weighted by atomic mass is 10.2. The van der Waals surface area contributed by atoms with Crippen molar-refractivity contribution in [1.29, 1.82) is 0 Å². The van der Waals surface area contributed by atoms with Gasteiger partial charge in [-0.15, -0.1) is 0 Å². The van der Waals surface area contributed by atoms with Gasteiger partial charge in [0.2, 0.25) is 0 Å². The minimum absolute atomic E-state index is 0.552. The minimum Gasteiger partial charge on any atom is -0.493 e. The second-order valence-electron chi connectivity index (χ2n) is 5.42. The van der Waals surface area contributed by atoms with Crippen LogP contribution < -0.4 is 15.4 Å². The van der Waals surface area contributed by atoms with Crippen molar-refractivity contribution < 1.29 is 4.74 Å². The Labute approximate surface area is 117 Å². The second-order valence-corrected chi connectivity index (χ2v) is 5.42. The van der Waals surface area contributed by atoms with Crippen LogP contribution in [0.15, 0.2) is 24.3 Å². The predicted octanol–water partition coefficient (Wildman–Crippen LogP) is 3.52. The van der Waals surface area contributed by atoms with Crippen LogP contribution >= 0.6 is 0 Å². The lowest BCUT2D eigenvalue weighted by Gasteiger charge is -2.13. The lowest BCUT2D eigenvalue weighted by molar-refractivity contribution is 0.271. The summed E-state index contributed by atoms with van der Waals surface area (Å²) >= 11 is 0. The van der Waals surface area contributed by atoms with Crippen molar-refractivity contribution in [2.45, 2.75) is 40.2 Å².